The van der Waals surface area contributed by atoms with Crippen LogP contribution in [0, 0.1) is 5.92 Å². The first kappa shape index (κ1) is 30.1. The van der Waals surface area contributed by atoms with Gasteiger partial charge < -0.3 is 29.2 Å². The normalized spacial score (nSPS) is 14.4. The van der Waals surface area contributed by atoms with Gasteiger partial charge in [-0.2, -0.15) is 0 Å². The van der Waals surface area contributed by atoms with Gasteiger partial charge in [0.15, 0.2) is 23.1 Å². The number of para-hydroxylation sites is 2. The van der Waals surface area contributed by atoms with E-state index >= 15 is 0 Å². The molecule has 1 saturated heterocycles. The van der Waals surface area contributed by atoms with Gasteiger partial charge in [-0.1, -0.05) is 38.1 Å². The summed E-state index contributed by atoms with van der Waals surface area (Å²) in [6, 6.07) is 11.8. The first-order valence-electron chi connectivity index (χ1n) is 14.3. The second kappa shape index (κ2) is 13.3. The number of urea groups is 1. The lowest BCUT2D eigenvalue weighted by atomic mass is 9.93. The van der Waals surface area contributed by atoms with Crippen LogP contribution in [0.4, 0.5) is 16.3 Å². The zero-order valence-corrected chi connectivity index (χ0v) is 24.9. The average molecular weight is 591 g/mol. The molecule has 5 rings (SSSR count). The topological polar surface area (TPSA) is 144 Å². The lowest BCUT2D eigenvalue weighted by Crippen LogP contribution is -2.37. The van der Waals surface area contributed by atoms with Crippen LogP contribution in [-0.4, -0.2) is 71.1 Å². The van der Waals surface area contributed by atoms with Gasteiger partial charge in [-0.25, -0.2) is 14.8 Å². The second-order valence-electron chi connectivity index (χ2n) is 11.5. The van der Waals surface area contributed by atoms with Crippen molar-refractivity contribution in [2.75, 3.05) is 50.6 Å². The molecule has 4 aromatic rings. The lowest BCUT2D eigenvalue weighted by molar-refractivity contribution is 0.118. The second-order valence-corrected chi connectivity index (χ2v) is 11.5. The first-order valence-corrected chi connectivity index (χ1v) is 14.3. The van der Waals surface area contributed by atoms with Crippen molar-refractivity contribution in [3.8, 4) is 23.1 Å². The van der Waals surface area contributed by atoms with Crippen LogP contribution < -0.4 is 24.8 Å². The summed E-state index contributed by atoms with van der Waals surface area (Å²) >= 11 is 0. The minimum Gasteiger partial charge on any atom is -0.493 e. The number of likely N-dealkylation sites (tertiary alicyclic amines) is 1. The first-order chi connectivity index (χ1) is 20.7. The van der Waals surface area contributed by atoms with Crippen LogP contribution in [0.3, 0.4) is 0 Å². The molecule has 2 aromatic heterocycles. The van der Waals surface area contributed by atoms with Crippen molar-refractivity contribution in [1.29, 1.82) is 0 Å². The molecule has 0 radical (unpaired) electrons. The minimum atomic E-state index is -0.501. The fraction of sp³-hybridized carbons (Fsp3) is 0.419. The van der Waals surface area contributed by atoms with E-state index < -0.39 is 6.03 Å². The quantitative estimate of drug-likeness (QED) is 0.218. The van der Waals surface area contributed by atoms with E-state index in [1.165, 1.54) is 6.33 Å². The molecule has 228 valence electrons. The third kappa shape index (κ3) is 7.51. The van der Waals surface area contributed by atoms with E-state index in [0.717, 1.165) is 32.5 Å². The summed E-state index contributed by atoms with van der Waals surface area (Å²) in [5.41, 5.74) is 0.813. The molecule has 43 heavy (non-hydrogen) atoms. The standard InChI is InChI=1S/C31H38N6O6/c1-31(2,3)27-17-28(36-43-27)35-30(39)34-22-7-5-6-8-24(22)42-29-21-15-25(40-4)26(16-23(21)32-19-33-29)41-14-13-37-11-9-20(18-38)10-12-37/h5-8,15-17,19-20,38H,9-14,18H2,1-4H3,(H2,34,35,36,39). The fourth-order valence-corrected chi connectivity index (χ4v) is 4.79. The highest BCUT2D eigenvalue weighted by molar-refractivity contribution is 6.00. The summed E-state index contributed by atoms with van der Waals surface area (Å²) in [5.74, 6) is 3.14. The smallest absolute Gasteiger partial charge is 0.325 e. The molecule has 0 atom stereocenters. The van der Waals surface area contributed by atoms with E-state index in [-0.39, 0.29) is 12.0 Å². The number of nitrogens with zero attached hydrogens (tertiary/aromatic N) is 4. The van der Waals surface area contributed by atoms with Crippen LogP contribution in [0.15, 0.2) is 53.3 Å². The Morgan fingerprint density at radius 2 is 1.86 bits per heavy atom. The van der Waals surface area contributed by atoms with Crippen molar-refractivity contribution < 1.29 is 28.6 Å². The van der Waals surface area contributed by atoms with Gasteiger partial charge in [-0.3, -0.25) is 10.2 Å². The molecule has 3 N–H and O–H groups in total. The van der Waals surface area contributed by atoms with E-state index in [9.17, 15) is 9.90 Å². The summed E-state index contributed by atoms with van der Waals surface area (Å²) in [5, 5.41) is 19.4. The number of aliphatic hydroxyl groups is 1. The number of benzene rings is 2. The Morgan fingerprint density at radius 1 is 1.07 bits per heavy atom. The Bertz CT molecular complexity index is 1540. The number of nitrogens with one attached hydrogen (secondary N) is 2. The van der Waals surface area contributed by atoms with Crippen LogP contribution in [0.1, 0.15) is 39.4 Å². The third-order valence-corrected chi connectivity index (χ3v) is 7.35. The van der Waals surface area contributed by atoms with Gasteiger partial charge in [0.05, 0.1) is 23.7 Å². The van der Waals surface area contributed by atoms with Gasteiger partial charge in [0, 0.05) is 30.7 Å². The number of ether oxygens (including phenoxy) is 3. The molecule has 12 heteroatoms. The van der Waals surface area contributed by atoms with Crippen molar-refractivity contribution in [2.45, 2.75) is 39.0 Å². The Labute approximate surface area is 250 Å². The average Bonchev–Trinajstić information content (AvgIpc) is 3.47. The molecule has 12 nitrogen and oxygen atoms in total. The number of aliphatic hydroxyl groups excluding tert-OH is 1. The van der Waals surface area contributed by atoms with Crippen molar-refractivity contribution in [2.24, 2.45) is 5.92 Å². The largest absolute Gasteiger partial charge is 0.493 e. The Balaban J connectivity index is 1.27. The molecular formula is C31H38N6O6. The Hall–Kier alpha value is -4.42. The van der Waals surface area contributed by atoms with Crippen molar-refractivity contribution in [3.05, 3.63) is 54.6 Å². The number of methoxy groups -OCH3 is 1. The number of piperidine rings is 1. The number of carbonyl (C=O) groups is 1. The van der Waals surface area contributed by atoms with E-state index in [0.29, 0.717) is 63.8 Å². The number of fused-ring (bicyclic) bond motifs is 1. The van der Waals surface area contributed by atoms with Gasteiger partial charge in [0.2, 0.25) is 5.88 Å². The molecular weight excluding hydrogens is 552 g/mol. The fourth-order valence-electron chi connectivity index (χ4n) is 4.79. The summed E-state index contributed by atoms with van der Waals surface area (Å²) in [6.07, 6.45) is 3.41. The van der Waals surface area contributed by atoms with Crippen LogP contribution >= 0.6 is 0 Å². The van der Waals surface area contributed by atoms with Crippen molar-refractivity contribution in [1.82, 2.24) is 20.0 Å². The number of anilines is 2. The molecule has 0 aliphatic carbocycles. The molecule has 3 heterocycles. The van der Waals surface area contributed by atoms with Gasteiger partial charge in [-0.05, 0) is 50.0 Å². The molecule has 1 aliphatic rings. The predicted molar refractivity (Wildman–Crippen MR) is 162 cm³/mol. The Kier molecular flexibility index (Phi) is 9.27. The highest BCUT2D eigenvalue weighted by Gasteiger charge is 2.21. The number of aromatic nitrogens is 3. The molecule has 0 unspecified atom stereocenters. The van der Waals surface area contributed by atoms with Gasteiger partial charge in [0.25, 0.3) is 0 Å². The van der Waals surface area contributed by atoms with Crippen molar-refractivity contribution >= 4 is 28.4 Å². The summed E-state index contributed by atoms with van der Waals surface area (Å²) < 4.78 is 23.3. The van der Waals surface area contributed by atoms with Crippen LogP contribution in [0.2, 0.25) is 0 Å². The number of rotatable bonds is 10. The molecule has 1 fully saturated rings. The highest BCUT2D eigenvalue weighted by atomic mass is 16.5. The maximum Gasteiger partial charge on any atom is 0.325 e. The van der Waals surface area contributed by atoms with Crippen LogP contribution in [0.25, 0.3) is 10.9 Å². The number of hydrogen-bond donors (Lipinski definition) is 3. The van der Waals surface area contributed by atoms with Gasteiger partial charge >= 0.3 is 6.03 Å². The molecule has 1 aliphatic heterocycles. The molecule has 0 bridgehead atoms. The lowest BCUT2D eigenvalue weighted by Gasteiger charge is -2.30. The maximum atomic E-state index is 12.8. The molecule has 2 aromatic carbocycles. The van der Waals surface area contributed by atoms with E-state index in [2.05, 4.69) is 30.7 Å². The predicted octanol–water partition coefficient (Wildman–Crippen LogP) is 5.44. The zero-order chi connectivity index (χ0) is 30.4. The molecule has 0 spiro atoms. The van der Waals surface area contributed by atoms with E-state index in [1.54, 1.807) is 43.5 Å². The maximum absolute atomic E-state index is 12.8. The minimum absolute atomic E-state index is 0.238. The summed E-state index contributed by atoms with van der Waals surface area (Å²) in [7, 11) is 1.58. The summed E-state index contributed by atoms with van der Waals surface area (Å²) in [6.45, 7) is 9.42. The van der Waals surface area contributed by atoms with Crippen LogP contribution in [-0.2, 0) is 5.41 Å². The third-order valence-electron chi connectivity index (χ3n) is 7.35. The summed E-state index contributed by atoms with van der Waals surface area (Å²) in [4.78, 5) is 23.9. The highest BCUT2D eigenvalue weighted by Crippen LogP contribution is 2.37. The molecule has 0 saturated carbocycles. The molecule has 2 amide bonds. The Morgan fingerprint density at radius 3 is 2.58 bits per heavy atom. The van der Waals surface area contributed by atoms with Gasteiger partial charge in [-0.15, -0.1) is 0 Å². The monoisotopic (exact) mass is 590 g/mol. The number of amides is 2. The zero-order valence-electron chi connectivity index (χ0n) is 24.9. The van der Waals surface area contributed by atoms with E-state index in [1.807, 2.05) is 26.8 Å². The van der Waals surface area contributed by atoms with Gasteiger partial charge in [0.1, 0.15) is 18.7 Å². The number of carbonyl (C=O) groups excluding carboxylic acids is 1. The number of hydrogen-bond acceptors (Lipinski definition) is 10. The van der Waals surface area contributed by atoms with Crippen molar-refractivity contribution in [3.63, 3.8) is 0 Å². The van der Waals surface area contributed by atoms with E-state index in [4.69, 9.17) is 18.7 Å². The van der Waals surface area contributed by atoms with Crippen LogP contribution in [0.5, 0.6) is 23.1 Å². The SMILES string of the molecule is COc1cc2c(Oc3ccccc3NC(=O)Nc3cc(C(C)(C)C)on3)ncnc2cc1OCCN1CCC(CO)CC1.